The number of rotatable bonds is 5. The van der Waals surface area contributed by atoms with Crippen molar-refractivity contribution in [2.45, 2.75) is 25.7 Å². The zero-order chi connectivity index (χ0) is 15.4. The van der Waals surface area contributed by atoms with Gasteiger partial charge in [-0.3, -0.25) is 4.79 Å². The third kappa shape index (κ3) is 3.63. The van der Waals surface area contributed by atoms with Crippen LogP contribution < -0.4 is 4.90 Å². The Morgan fingerprint density at radius 3 is 2.55 bits per heavy atom. The molecule has 114 valence electrons. The maximum Gasteiger partial charge on any atom is 0.168 e. The van der Waals surface area contributed by atoms with Gasteiger partial charge in [-0.05, 0) is 12.5 Å². The van der Waals surface area contributed by atoms with E-state index in [0.29, 0.717) is 12.3 Å². The van der Waals surface area contributed by atoms with Crippen LogP contribution in [0.1, 0.15) is 40.2 Å². The van der Waals surface area contributed by atoms with Crippen LogP contribution in [-0.2, 0) is 0 Å². The summed E-state index contributed by atoms with van der Waals surface area (Å²) >= 11 is 0. The molecule has 0 aromatic heterocycles. The molecule has 1 aliphatic heterocycles. The molecule has 2 aromatic rings. The van der Waals surface area contributed by atoms with Crippen LogP contribution in [0.4, 0.5) is 0 Å². The SMILES string of the molecule is Cc1ccc(C(=O)CC[NH+]2CC[C@H](c3ccccc3)C2)cc1. The molecule has 1 fully saturated rings. The average Bonchev–Trinajstić information content (AvgIpc) is 3.03. The molecule has 1 aliphatic rings. The van der Waals surface area contributed by atoms with Crippen LogP contribution >= 0.6 is 0 Å². The Kier molecular flexibility index (Phi) is 4.69. The molecule has 2 aromatic carbocycles. The second kappa shape index (κ2) is 6.89. The van der Waals surface area contributed by atoms with Gasteiger partial charge in [-0.2, -0.15) is 0 Å². The first-order valence-corrected chi connectivity index (χ1v) is 8.21. The van der Waals surface area contributed by atoms with Gasteiger partial charge in [-0.25, -0.2) is 0 Å². The van der Waals surface area contributed by atoms with Crippen LogP contribution in [0.15, 0.2) is 54.6 Å². The molecule has 2 atom stereocenters. The summed E-state index contributed by atoms with van der Waals surface area (Å²) in [6.45, 7) is 5.34. The predicted octanol–water partition coefficient (Wildman–Crippen LogP) is 2.64. The summed E-state index contributed by atoms with van der Waals surface area (Å²) in [6, 6.07) is 18.7. The number of ketones is 1. The van der Waals surface area contributed by atoms with Crippen LogP contribution in [0.3, 0.4) is 0 Å². The summed E-state index contributed by atoms with van der Waals surface area (Å²) in [5.74, 6) is 0.932. The highest BCUT2D eigenvalue weighted by Crippen LogP contribution is 2.19. The Balaban J connectivity index is 1.50. The van der Waals surface area contributed by atoms with Gasteiger partial charge in [0.2, 0.25) is 0 Å². The van der Waals surface area contributed by atoms with Crippen LogP contribution in [0.5, 0.6) is 0 Å². The maximum absolute atomic E-state index is 12.3. The highest BCUT2D eigenvalue weighted by molar-refractivity contribution is 5.96. The highest BCUT2D eigenvalue weighted by Gasteiger charge is 2.27. The van der Waals surface area contributed by atoms with Gasteiger partial charge in [-0.1, -0.05) is 60.2 Å². The maximum atomic E-state index is 12.3. The molecule has 0 spiro atoms. The minimum atomic E-state index is 0.274. The van der Waals surface area contributed by atoms with E-state index in [1.54, 1.807) is 4.90 Å². The van der Waals surface area contributed by atoms with E-state index in [1.807, 2.05) is 31.2 Å². The molecular formula is C20H24NO+. The van der Waals surface area contributed by atoms with Crippen LogP contribution in [-0.4, -0.2) is 25.4 Å². The smallest absolute Gasteiger partial charge is 0.168 e. The molecule has 0 bridgehead atoms. The number of benzene rings is 2. The first kappa shape index (κ1) is 15.0. The number of hydrogen-bond donors (Lipinski definition) is 1. The van der Waals surface area contributed by atoms with Crippen LogP contribution in [0.25, 0.3) is 0 Å². The molecule has 2 heteroatoms. The number of aryl methyl sites for hydroxylation is 1. The molecular weight excluding hydrogens is 270 g/mol. The Hall–Kier alpha value is -1.93. The lowest BCUT2D eigenvalue weighted by atomic mass is 9.99. The fraction of sp³-hybridized carbons (Fsp3) is 0.350. The quantitative estimate of drug-likeness (QED) is 0.841. The zero-order valence-electron chi connectivity index (χ0n) is 13.2. The van der Waals surface area contributed by atoms with Crippen molar-refractivity contribution in [2.75, 3.05) is 19.6 Å². The molecule has 0 radical (unpaired) electrons. The lowest BCUT2D eigenvalue weighted by molar-refractivity contribution is -0.887. The van der Waals surface area contributed by atoms with E-state index in [4.69, 9.17) is 0 Å². The van der Waals surface area contributed by atoms with Crippen molar-refractivity contribution in [3.63, 3.8) is 0 Å². The van der Waals surface area contributed by atoms with E-state index in [-0.39, 0.29) is 5.78 Å². The standard InChI is InChI=1S/C20H23NO/c1-16-7-9-18(10-8-16)20(22)12-14-21-13-11-19(15-21)17-5-3-2-4-6-17/h2-10,19H,11-15H2,1H3/p+1/t19-/m0/s1. The lowest BCUT2D eigenvalue weighted by Gasteiger charge is -2.13. The van der Waals surface area contributed by atoms with Crippen molar-refractivity contribution in [3.05, 3.63) is 71.3 Å². The van der Waals surface area contributed by atoms with Crippen LogP contribution in [0, 0.1) is 6.92 Å². The highest BCUT2D eigenvalue weighted by atomic mass is 16.1. The summed E-state index contributed by atoms with van der Waals surface area (Å²) in [7, 11) is 0. The molecule has 0 saturated carbocycles. The first-order chi connectivity index (χ1) is 10.7. The van der Waals surface area contributed by atoms with Gasteiger partial charge in [0.05, 0.1) is 26.1 Å². The summed E-state index contributed by atoms with van der Waals surface area (Å²) in [5, 5.41) is 0. The van der Waals surface area contributed by atoms with Gasteiger partial charge in [0, 0.05) is 17.9 Å². The fourth-order valence-electron chi connectivity index (χ4n) is 3.34. The van der Waals surface area contributed by atoms with Gasteiger partial charge in [0.15, 0.2) is 5.78 Å². The number of hydrogen-bond acceptors (Lipinski definition) is 1. The number of likely N-dealkylation sites (tertiary alicyclic amines) is 1. The van der Waals surface area contributed by atoms with Crippen molar-refractivity contribution in [3.8, 4) is 0 Å². The Labute approximate surface area is 132 Å². The van der Waals surface area contributed by atoms with Gasteiger partial charge in [0.25, 0.3) is 0 Å². The van der Waals surface area contributed by atoms with Crippen LogP contribution in [0.2, 0.25) is 0 Å². The van der Waals surface area contributed by atoms with Gasteiger partial charge in [0.1, 0.15) is 0 Å². The minimum absolute atomic E-state index is 0.274. The molecule has 1 saturated heterocycles. The van der Waals surface area contributed by atoms with Crippen molar-refractivity contribution in [1.29, 1.82) is 0 Å². The topological polar surface area (TPSA) is 21.5 Å². The van der Waals surface area contributed by atoms with E-state index in [0.717, 1.165) is 18.7 Å². The van der Waals surface area contributed by atoms with E-state index < -0.39 is 0 Å². The second-order valence-electron chi connectivity index (χ2n) is 6.39. The number of carbonyl (C=O) groups excluding carboxylic acids is 1. The molecule has 22 heavy (non-hydrogen) atoms. The van der Waals surface area contributed by atoms with Gasteiger partial charge < -0.3 is 4.90 Å². The summed E-state index contributed by atoms with van der Waals surface area (Å²) in [4.78, 5) is 13.8. The summed E-state index contributed by atoms with van der Waals surface area (Å²) in [6.07, 6.45) is 1.89. The predicted molar refractivity (Wildman–Crippen MR) is 89.5 cm³/mol. The Morgan fingerprint density at radius 2 is 1.82 bits per heavy atom. The van der Waals surface area contributed by atoms with E-state index in [2.05, 4.69) is 30.3 Å². The molecule has 1 heterocycles. The fourth-order valence-corrected chi connectivity index (χ4v) is 3.34. The van der Waals surface area contributed by atoms with Gasteiger partial charge in [-0.15, -0.1) is 0 Å². The number of Topliss-reactive ketones (excluding diaryl/α,β-unsaturated/α-hetero) is 1. The number of quaternary nitrogens is 1. The normalized spacial score (nSPS) is 21.0. The number of nitrogens with one attached hydrogen (secondary N) is 1. The molecule has 0 amide bonds. The van der Waals surface area contributed by atoms with Crippen molar-refractivity contribution >= 4 is 5.78 Å². The summed E-state index contributed by atoms with van der Waals surface area (Å²) in [5.41, 5.74) is 3.50. The largest absolute Gasteiger partial charge is 0.334 e. The monoisotopic (exact) mass is 294 g/mol. The molecule has 3 rings (SSSR count). The van der Waals surface area contributed by atoms with Crippen molar-refractivity contribution in [2.24, 2.45) is 0 Å². The Morgan fingerprint density at radius 1 is 1.09 bits per heavy atom. The minimum Gasteiger partial charge on any atom is -0.334 e. The lowest BCUT2D eigenvalue weighted by Crippen LogP contribution is -3.10. The first-order valence-electron chi connectivity index (χ1n) is 8.21. The third-order valence-corrected chi connectivity index (χ3v) is 4.73. The second-order valence-corrected chi connectivity index (χ2v) is 6.39. The van der Waals surface area contributed by atoms with Crippen molar-refractivity contribution < 1.29 is 9.69 Å². The average molecular weight is 294 g/mol. The van der Waals surface area contributed by atoms with E-state index >= 15 is 0 Å². The molecule has 1 N–H and O–H groups in total. The van der Waals surface area contributed by atoms with E-state index in [9.17, 15) is 4.79 Å². The zero-order valence-corrected chi connectivity index (χ0v) is 13.2. The van der Waals surface area contributed by atoms with Crippen molar-refractivity contribution in [1.82, 2.24) is 0 Å². The molecule has 1 unspecified atom stereocenters. The summed E-state index contributed by atoms with van der Waals surface area (Å²) < 4.78 is 0. The molecule has 2 nitrogen and oxygen atoms in total. The third-order valence-electron chi connectivity index (χ3n) is 4.73. The van der Waals surface area contributed by atoms with Gasteiger partial charge >= 0.3 is 0 Å². The molecule has 0 aliphatic carbocycles. The number of carbonyl (C=O) groups is 1. The Bertz CT molecular complexity index is 618. The van der Waals surface area contributed by atoms with E-state index in [1.165, 1.54) is 24.1 Å².